The van der Waals surface area contributed by atoms with Gasteiger partial charge in [-0.25, -0.2) is 9.48 Å². The van der Waals surface area contributed by atoms with Crippen molar-refractivity contribution in [3.8, 4) is 0 Å². The summed E-state index contributed by atoms with van der Waals surface area (Å²) < 4.78 is 6.47. The lowest BCUT2D eigenvalue weighted by Gasteiger charge is -2.23. The lowest BCUT2D eigenvalue weighted by Crippen LogP contribution is -2.43. The topological polar surface area (TPSA) is 102 Å². The fourth-order valence-electron chi connectivity index (χ4n) is 4.05. The summed E-state index contributed by atoms with van der Waals surface area (Å²) in [6.45, 7) is 1.81. The van der Waals surface area contributed by atoms with E-state index in [0.717, 1.165) is 12.0 Å². The molecule has 1 amide bonds. The van der Waals surface area contributed by atoms with Crippen molar-refractivity contribution in [1.82, 2.24) is 30.4 Å². The molecule has 9 nitrogen and oxygen atoms in total. The molecule has 1 aromatic heterocycles. The molecule has 0 saturated carbocycles. The molecular formula is C23H26N6O3. The second-order valence-corrected chi connectivity index (χ2v) is 7.84. The number of hydrogen-bond donors (Lipinski definition) is 1. The smallest absolute Gasteiger partial charge is 0.337 e. The SMILES string of the molecule is COC(=O)c1ccc(CN2C[C@H](n3cnnn3)C[C@H]2C(=O)NCCc2ccccc2)cc1. The van der Waals surface area contributed by atoms with Crippen LogP contribution in [0.4, 0.5) is 0 Å². The maximum atomic E-state index is 13.1. The highest BCUT2D eigenvalue weighted by molar-refractivity contribution is 5.89. The fraction of sp³-hybridized carbons (Fsp3) is 0.348. The lowest BCUT2D eigenvalue weighted by atomic mass is 10.1. The molecule has 1 aliphatic rings. The molecule has 1 aliphatic heterocycles. The quantitative estimate of drug-likeness (QED) is 0.538. The summed E-state index contributed by atoms with van der Waals surface area (Å²) in [5, 5.41) is 14.6. The van der Waals surface area contributed by atoms with E-state index in [1.807, 2.05) is 30.3 Å². The number of rotatable bonds is 8. The number of hydrogen-bond acceptors (Lipinski definition) is 7. The molecule has 2 aromatic carbocycles. The summed E-state index contributed by atoms with van der Waals surface area (Å²) in [4.78, 5) is 26.9. The Morgan fingerprint density at radius 3 is 2.56 bits per heavy atom. The predicted molar refractivity (Wildman–Crippen MR) is 117 cm³/mol. The summed E-state index contributed by atoms with van der Waals surface area (Å²) >= 11 is 0. The highest BCUT2D eigenvalue weighted by Crippen LogP contribution is 2.28. The molecule has 1 N–H and O–H groups in total. The molecule has 1 fully saturated rings. The van der Waals surface area contributed by atoms with Gasteiger partial charge in [-0.3, -0.25) is 9.69 Å². The first-order valence-electron chi connectivity index (χ1n) is 10.6. The van der Waals surface area contributed by atoms with Gasteiger partial charge >= 0.3 is 5.97 Å². The number of ether oxygens (including phenoxy) is 1. The van der Waals surface area contributed by atoms with E-state index in [1.165, 1.54) is 12.7 Å². The summed E-state index contributed by atoms with van der Waals surface area (Å²) in [6.07, 6.45) is 3.00. The van der Waals surface area contributed by atoms with E-state index in [-0.39, 0.29) is 24.0 Å². The predicted octanol–water partition coefficient (Wildman–Crippen LogP) is 1.63. The molecule has 9 heteroatoms. The van der Waals surface area contributed by atoms with Crippen LogP contribution < -0.4 is 5.32 Å². The van der Waals surface area contributed by atoms with Crippen LogP contribution in [-0.4, -0.2) is 63.2 Å². The third kappa shape index (κ3) is 5.17. The van der Waals surface area contributed by atoms with Crippen LogP contribution in [-0.2, 0) is 22.5 Å². The first-order chi connectivity index (χ1) is 15.6. The van der Waals surface area contributed by atoms with E-state index in [1.54, 1.807) is 23.1 Å². The summed E-state index contributed by atoms with van der Waals surface area (Å²) in [7, 11) is 1.36. The fourth-order valence-corrected chi connectivity index (χ4v) is 4.05. The van der Waals surface area contributed by atoms with Gasteiger partial charge in [0, 0.05) is 19.6 Å². The average molecular weight is 435 g/mol. The number of esters is 1. The number of tetrazole rings is 1. The van der Waals surface area contributed by atoms with Crippen molar-refractivity contribution in [2.24, 2.45) is 0 Å². The molecule has 0 spiro atoms. The molecule has 2 heterocycles. The van der Waals surface area contributed by atoms with Crippen molar-refractivity contribution >= 4 is 11.9 Å². The maximum absolute atomic E-state index is 13.1. The minimum atomic E-state index is -0.368. The van der Waals surface area contributed by atoms with Gasteiger partial charge in [0.2, 0.25) is 5.91 Å². The van der Waals surface area contributed by atoms with Crippen LogP contribution in [0.15, 0.2) is 60.9 Å². The number of amides is 1. The van der Waals surface area contributed by atoms with E-state index < -0.39 is 0 Å². The summed E-state index contributed by atoms with van der Waals surface area (Å²) in [5.74, 6) is -0.366. The highest BCUT2D eigenvalue weighted by atomic mass is 16.5. The Bertz CT molecular complexity index is 1020. The van der Waals surface area contributed by atoms with Gasteiger partial charge in [0.15, 0.2) is 0 Å². The summed E-state index contributed by atoms with van der Waals surface area (Å²) in [6, 6.07) is 17.1. The van der Waals surface area contributed by atoms with Crippen LogP contribution in [0.5, 0.6) is 0 Å². The van der Waals surface area contributed by atoms with Crippen molar-refractivity contribution in [2.75, 3.05) is 20.2 Å². The van der Waals surface area contributed by atoms with E-state index in [0.29, 0.717) is 31.6 Å². The van der Waals surface area contributed by atoms with Crippen LogP contribution in [0.3, 0.4) is 0 Å². The Morgan fingerprint density at radius 2 is 1.88 bits per heavy atom. The Balaban J connectivity index is 1.42. The first kappa shape index (κ1) is 21.6. The van der Waals surface area contributed by atoms with Gasteiger partial charge in [-0.15, -0.1) is 5.10 Å². The highest BCUT2D eigenvalue weighted by Gasteiger charge is 2.38. The van der Waals surface area contributed by atoms with Gasteiger partial charge in [0.1, 0.15) is 6.33 Å². The normalized spacial score (nSPS) is 18.4. The van der Waals surface area contributed by atoms with Crippen molar-refractivity contribution in [2.45, 2.75) is 31.5 Å². The van der Waals surface area contributed by atoms with Gasteiger partial charge in [0.05, 0.1) is 24.8 Å². The molecule has 0 unspecified atom stereocenters. The maximum Gasteiger partial charge on any atom is 0.337 e. The first-order valence-corrected chi connectivity index (χ1v) is 10.6. The van der Waals surface area contributed by atoms with Crippen molar-refractivity contribution in [3.05, 3.63) is 77.6 Å². The van der Waals surface area contributed by atoms with Gasteiger partial charge < -0.3 is 10.1 Å². The molecule has 0 aliphatic carbocycles. The molecule has 0 bridgehead atoms. The van der Waals surface area contributed by atoms with Crippen molar-refractivity contribution in [1.29, 1.82) is 0 Å². The third-order valence-electron chi connectivity index (χ3n) is 5.74. The van der Waals surface area contributed by atoms with E-state index >= 15 is 0 Å². The average Bonchev–Trinajstić information content (AvgIpc) is 3.50. The van der Waals surface area contributed by atoms with E-state index in [4.69, 9.17) is 4.74 Å². The van der Waals surface area contributed by atoms with Crippen molar-refractivity contribution in [3.63, 3.8) is 0 Å². The number of nitrogens with zero attached hydrogens (tertiary/aromatic N) is 5. The molecule has 0 radical (unpaired) electrons. The largest absolute Gasteiger partial charge is 0.465 e. The van der Waals surface area contributed by atoms with E-state index in [2.05, 4.69) is 37.9 Å². The number of benzene rings is 2. The Hall–Kier alpha value is -3.59. The second kappa shape index (κ2) is 10.1. The van der Waals surface area contributed by atoms with Crippen LogP contribution in [0.1, 0.15) is 33.9 Å². The van der Waals surface area contributed by atoms with Gasteiger partial charge in [-0.05, 0) is 46.5 Å². The third-order valence-corrected chi connectivity index (χ3v) is 5.74. The molecule has 3 aromatic rings. The molecule has 2 atom stereocenters. The van der Waals surface area contributed by atoms with Gasteiger partial charge in [-0.1, -0.05) is 42.5 Å². The van der Waals surface area contributed by atoms with Crippen LogP contribution in [0.2, 0.25) is 0 Å². The zero-order chi connectivity index (χ0) is 22.3. The Kier molecular flexibility index (Phi) is 6.86. The Morgan fingerprint density at radius 1 is 1.09 bits per heavy atom. The number of aromatic nitrogens is 4. The zero-order valence-corrected chi connectivity index (χ0v) is 17.9. The minimum absolute atomic E-state index is 0.00249. The molecular weight excluding hydrogens is 408 g/mol. The standard InChI is InChI=1S/C23H26N6O3/c1-32-23(31)19-9-7-18(8-10-19)14-28-15-20(29-16-25-26-27-29)13-21(28)22(30)24-12-11-17-5-3-2-4-6-17/h2-10,16,20-21H,11-15H2,1H3,(H,24,30)/t20-,21+/m1/s1. The zero-order valence-electron chi connectivity index (χ0n) is 17.9. The number of methoxy groups -OCH3 is 1. The second-order valence-electron chi connectivity index (χ2n) is 7.84. The molecule has 166 valence electrons. The summed E-state index contributed by atoms with van der Waals surface area (Å²) in [5.41, 5.74) is 2.70. The monoisotopic (exact) mass is 434 g/mol. The number of carbonyl (C=O) groups excluding carboxylic acids is 2. The molecule has 32 heavy (non-hydrogen) atoms. The number of likely N-dealkylation sites (tertiary alicyclic amines) is 1. The van der Waals surface area contributed by atoms with Gasteiger partial charge in [-0.2, -0.15) is 0 Å². The van der Waals surface area contributed by atoms with Gasteiger partial charge in [0.25, 0.3) is 0 Å². The van der Waals surface area contributed by atoms with Crippen molar-refractivity contribution < 1.29 is 14.3 Å². The number of nitrogens with one attached hydrogen (secondary N) is 1. The molecule has 1 saturated heterocycles. The number of carbonyl (C=O) groups is 2. The van der Waals surface area contributed by atoms with Crippen LogP contribution >= 0.6 is 0 Å². The molecule has 4 rings (SSSR count). The van der Waals surface area contributed by atoms with Crippen LogP contribution in [0.25, 0.3) is 0 Å². The Labute approximate surface area is 186 Å². The van der Waals surface area contributed by atoms with E-state index in [9.17, 15) is 9.59 Å². The lowest BCUT2D eigenvalue weighted by molar-refractivity contribution is -0.125. The van der Waals surface area contributed by atoms with Crippen LogP contribution in [0, 0.1) is 0 Å². The minimum Gasteiger partial charge on any atom is -0.465 e.